The van der Waals surface area contributed by atoms with Crippen molar-refractivity contribution in [2.45, 2.75) is 117 Å². The Balaban J connectivity index is 1.46. The molecule has 0 heterocycles. The van der Waals surface area contributed by atoms with Gasteiger partial charge >= 0.3 is 12.1 Å². The average Bonchev–Trinajstić information content (AvgIpc) is 3.11. The summed E-state index contributed by atoms with van der Waals surface area (Å²) in [5.74, 6) is 2.26. The predicted molar refractivity (Wildman–Crippen MR) is 131 cm³/mol. The Morgan fingerprint density at radius 1 is 1.03 bits per heavy atom. The number of fused-ring (bicyclic) bond motifs is 5. The molecule has 0 unspecified atom stereocenters. The Bertz CT molecular complexity index is 770. The first-order valence-electron chi connectivity index (χ1n) is 13.8. The highest BCUT2D eigenvalue weighted by atomic mass is 16.6. The van der Waals surface area contributed by atoms with Crippen molar-refractivity contribution in [2.75, 3.05) is 0 Å². The summed E-state index contributed by atoms with van der Waals surface area (Å²) in [4.78, 5) is 23.3. The molecule has 0 bridgehead atoms. The van der Waals surface area contributed by atoms with Crippen LogP contribution in [0.15, 0.2) is 0 Å². The number of aliphatic hydroxyl groups excluding tert-OH is 1. The van der Waals surface area contributed by atoms with Crippen molar-refractivity contribution in [1.82, 2.24) is 5.32 Å². The lowest BCUT2D eigenvalue weighted by Crippen LogP contribution is -2.59. The van der Waals surface area contributed by atoms with Crippen LogP contribution in [0, 0.1) is 46.3 Å². The van der Waals surface area contributed by atoms with Gasteiger partial charge in [0.2, 0.25) is 0 Å². The molecule has 4 aliphatic carbocycles. The second-order valence-electron chi connectivity index (χ2n) is 13.0. The van der Waals surface area contributed by atoms with E-state index < -0.39 is 5.97 Å². The zero-order valence-corrected chi connectivity index (χ0v) is 21.9. The lowest BCUT2D eigenvalue weighted by molar-refractivity contribution is -0.175. The molecule has 1 amide bonds. The van der Waals surface area contributed by atoms with Crippen LogP contribution in [0.1, 0.15) is 98.8 Å². The Morgan fingerprint density at radius 2 is 1.76 bits per heavy atom. The molecule has 3 N–H and O–H groups in total. The number of hydrogen-bond acceptors (Lipinski definition) is 4. The highest BCUT2D eigenvalue weighted by molar-refractivity contribution is 5.67. The Kier molecular flexibility index (Phi) is 7.30. The normalized spacial score (nSPS) is 44.5. The van der Waals surface area contributed by atoms with Gasteiger partial charge in [-0.1, -0.05) is 20.8 Å². The average molecular weight is 478 g/mol. The minimum absolute atomic E-state index is 0.00176. The van der Waals surface area contributed by atoms with Crippen LogP contribution in [0.2, 0.25) is 0 Å². The fourth-order valence-electron chi connectivity index (χ4n) is 9.22. The molecule has 194 valence electrons. The summed E-state index contributed by atoms with van der Waals surface area (Å²) in [5.41, 5.74) is 0.101. The molecular formula is C28H47NO5. The van der Waals surface area contributed by atoms with Crippen LogP contribution in [0.4, 0.5) is 4.79 Å². The van der Waals surface area contributed by atoms with Gasteiger partial charge in [0.15, 0.2) is 0 Å². The number of amides is 1. The predicted octanol–water partition coefficient (Wildman–Crippen LogP) is 5.62. The Hall–Kier alpha value is -1.30. The van der Waals surface area contributed by atoms with E-state index in [1.807, 2.05) is 13.8 Å². The maximum absolute atomic E-state index is 12.2. The van der Waals surface area contributed by atoms with Crippen LogP contribution in [0.5, 0.6) is 0 Å². The Morgan fingerprint density at radius 3 is 2.44 bits per heavy atom. The topological polar surface area (TPSA) is 95.9 Å². The van der Waals surface area contributed by atoms with Crippen LogP contribution < -0.4 is 5.32 Å². The number of rotatable bonds is 6. The van der Waals surface area contributed by atoms with Crippen LogP contribution in [0.3, 0.4) is 0 Å². The van der Waals surface area contributed by atoms with Gasteiger partial charge in [0.25, 0.3) is 0 Å². The second kappa shape index (κ2) is 9.63. The number of nitrogens with one attached hydrogen (secondary N) is 1. The van der Waals surface area contributed by atoms with Crippen LogP contribution in [-0.2, 0) is 9.53 Å². The van der Waals surface area contributed by atoms with Crippen molar-refractivity contribution in [2.24, 2.45) is 46.3 Å². The summed E-state index contributed by atoms with van der Waals surface area (Å²) in [6, 6.07) is 0.0805. The number of hydrogen-bond donors (Lipinski definition) is 3. The Labute approximate surface area is 205 Å². The summed E-state index contributed by atoms with van der Waals surface area (Å²) in [6.07, 6.45) is 8.76. The van der Waals surface area contributed by atoms with Gasteiger partial charge in [-0.15, -0.1) is 0 Å². The molecule has 6 heteroatoms. The molecule has 0 saturated heterocycles. The summed E-state index contributed by atoms with van der Waals surface area (Å²) >= 11 is 0. The first kappa shape index (κ1) is 25.8. The minimum Gasteiger partial charge on any atom is -0.481 e. The second-order valence-corrected chi connectivity index (χ2v) is 13.0. The maximum Gasteiger partial charge on any atom is 0.407 e. The van der Waals surface area contributed by atoms with E-state index in [0.29, 0.717) is 41.9 Å². The van der Waals surface area contributed by atoms with E-state index in [1.165, 1.54) is 19.3 Å². The highest BCUT2D eigenvalue weighted by Gasteiger charge is 2.63. The van der Waals surface area contributed by atoms with Gasteiger partial charge in [0.05, 0.1) is 6.10 Å². The molecule has 4 rings (SSSR count). The van der Waals surface area contributed by atoms with E-state index in [9.17, 15) is 19.8 Å². The van der Waals surface area contributed by atoms with Crippen molar-refractivity contribution in [3.8, 4) is 0 Å². The van der Waals surface area contributed by atoms with Crippen LogP contribution in [0.25, 0.3) is 0 Å². The van der Waals surface area contributed by atoms with E-state index in [1.54, 1.807) is 0 Å². The smallest absolute Gasteiger partial charge is 0.407 e. The van der Waals surface area contributed by atoms with E-state index in [0.717, 1.165) is 32.1 Å². The maximum atomic E-state index is 12.2. The van der Waals surface area contributed by atoms with E-state index in [-0.39, 0.29) is 41.6 Å². The van der Waals surface area contributed by atoms with Gasteiger partial charge in [-0.05, 0) is 118 Å². The molecule has 4 aliphatic rings. The molecule has 0 aromatic carbocycles. The monoisotopic (exact) mass is 477 g/mol. The molecule has 0 aliphatic heterocycles. The third-order valence-electron chi connectivity index (χ3n) is 11.0. The number of alkyl carbamates (subject to hydrolysis) is 1. The summed E-state index contributed by atoms with van der Waals surface area (Å²) in [5, 5.41) is 23.7. The van der Waals surface area contributed by atoms with Gasteiger partial charge in [-0.25, -0.2) is 4.79 Å². The first-order chi connectivity index (χ1) is 16.0. The standard InChI is InChI=1S/C28H47NO5/c1-16(2)29-26(33)34-19-12-13-27(4)18(14-19)7-8-20-22-10-9-21(17(3)6-11-25(31)32)28(22,5)24(30)15-23(20)27/h16-24,30H,6-15H2,1-5H3,(H,29,33)(H,31,32)/t17-,18-,19-,20+,21-,22+,23+,24+,27+,28-/m1/s1. The molecule has 4 saturated carbocycles. The lowest BCUT2D eigenvalue weighted by Gasteiger charge is -2.62. The van der Waals surface area contributed by atoms with Gasteiger partial charge < -0.3 is 20.3 Å². The van der Waals surface area contributed by atoms with Crippen molar-refractivity contribution < 1.29 is 24.5 Å². The number of carboxylic acid groups (broad SMARTS) is 1. The third-order valence-corrected chi connectivity index (χ3v) is 11.0. The van der Waals surface area contributed by atoms with Crippen molar-refractivity contribution >= 4 is 12.1 Å². The molecule has 0 aromatic heterocycles. The SMILES string of the molecule is CC(C)NC(=O)O[C@@H]1CC[C@@]2(C)[C@H](CC[C@@H]3[C@@H]2C[C@H](O)[C@]2(C)[C@@H]([C@H](C)CCC(=O)O)CC[C@@H]32)C1. The fourth-order valence-corrected chi connectivity index (χ4v) is 9.22. The van der Waals surface area contributed by atoms with Crippen molar-refractivity contribution in [1.29, 1.82) is 0 Å². The number of aliphatic carboxylic acids is 1. The molecule has 0 spiro atoms. The minimum atomic E-state index is -0.719. The number of carbonyl (C=O) groups is 2. The van der Waals surface area contributed by atoms with E-state index in [4.69, 9.17) is 4.74 Å². The number of ether oxygens (including phenoxy) is 1. The number of carbonyl (C=O) groups excluding carboxylic acids is 1. The first-order valence-corrected chi connectivity index (χ1v) is 13.8. The number of carboxylic acids is 1. The van der Waals surface area contributed by atoms with E-state index >= 15 is 0 Å². The van der Waals surface area contributed by atoms with Gasteiger partial charge in [0, 0.05) is 12.5 Å². The molecule has 0 aromatic rings. The zero-order chi connectivity index (χ0) is 24.8. The molecule has 0 radical (unpaired) electrons. The summed E-state index contributed by atoms with van der Waals surface area (Å²) in [7, 11) is 0. The highest BCUT2D eigenvalue weighted by Crippen LogP contribution is 2.68. The molecule has 34 heavy (non-hydrogen) atoms. The number of aliphatic hydroxyl groups is 1. The van der Waals surface area contributed by atoms with Crippen molar-refractivity contribution in [3.05, 3.63) is 0 Å². The molecule has 6 nitrogen and oxygen atoms in total. The van der Waals surface area contributed by atoms with Crippen molar-refractivity contribution in [3.63, 3.8) is 0 Å². The van der Waals surface area contributed by atoms with Gasteiger partial charge in [0.1, 0.15) is 6.10 Å². The van der Waals surface area contributed by atoms with Crippen LogP contribution >= 0.6 is 0 Å². The zero-order valence-electron chi connectivity index (χ0n) is 21.9. The third kappa shape index (κ3) is 4.49. The molecular weight excluding hydrogens is 430 g/mol. The van der Waals surface area contributed by atoms with Gasteiger partial charge in [-0.2, -0.15) is 0 Å². The summed E-state index contributed by atoms with van der Waals surface area (Å²) in [6.45, 7) is 10.9. The fraction of sp³-hybridized carbons (Fsp3) is 0.929. The van der Waals surface area contributed by atoms with Gasteiger partial charge in [-0.3, -0.25) is 4.79 Å². The van der Waals surface area contributed by atoms with E-state index in [2.05, 4.69) is 26.1 Å². The molecule has 10 atom stereocenters. The summed E-state index contributed by atoms with van der Waals surface area (Å²) < 4.78 is 5.78. The largest absolute Gasteiger partial charge is 0.481 e. The molecule has 4 fully saturated rings. The lowest BCUT2D eigenvalue weighted by atomic mass is 9.43. The van der Waals surface area contributed by atoms with Crippen LogP contribution in [-0.4, -0.2) is 40.5 Å². The quantitative estimate of drug-likeness (QED) is 0.461.